The lowest BCUT2D eigenvalue weighted by Gasteiger charge is -2.21. The summed E-state index contributed by atoms with van der Waals surface area (Å²) in [7, 11) is 0. The van der Waals surface area contributed by atoms with E-state index in [4.69, 9.17) is 5.84 Å². The van der Waals surface area contributed by atoms with Gasteiger partial charge in [-0.3, -0.25) is 11.3 Å². The summed E-state index contributed by atoms with van der Waals surface area (Å²) in [6.45, 7) is 9.63. The van der Waals surface area contributed by atoms with Crippen molar-refractivity contribution in [3.8, 4) is 0 Å². The van der Waals surface area contributed by atoms with Crippen molar-refractivity contribution in [3.05, 3.63) is 0 Å². The largest absolute Gasteiger partial charge is 0.302 e. The zero-order valence-corrected chi connectivity index (χ0v) is 7.22. The first-order valence-corrected chi connectivity index (χ1v) is 3.93. The predicted octanol–water partition coefficient (Wildman–Crippen LogP) is 0.180. The predicted molar refractivity (Wildman–Crippen MR) is 44.6 cm³/mol. The molecule has 0 aliphatic carbocycles. The minimum atomic E-state index is 0.389. The lowest BCUT2D eigenvalue weighted by Crippen LogP contribution is -2.42. The molecule has 0 bridgehead atoms. The van der Waals surface area contributed by atoms with Gasteiger partial charge in [0.05, 0.1) is 0 Å². The molecule has 0 saturated heterocycles. The molecule has 62 valence electrons. The van der Waals surface area contributed by atoms with Gasteiger partial charge in [0.25, 0.3) is 0 Å². The van der Waals surface area contributed by atoms with Gasteiger partial charge in [-0.2, -0.15) is 0 Å². The van der Waals surface area contributed by atoms with Crippen molar-refractivity contribution in [2.75, 3.05) is 19.6 Å². The Bertz CT molecular complexity index is 71.3. The Kier molecular flexibility index (Phi) is 5.58. The average Bonchev–Trinajstić information content (AvgIpc) is 1.99. The summed E-state index contributed by atoms with van der Waals surface area (Å²) in [6.07, 6.45) is 0. The van der Waals surface area contributed by atoms with Gasteiger partial charge in [-0.25, -0.2) is 0 Å². The van der Waals surface area contributed by atoms with Crippen LogP contribution in [0.2, 0.25) is 0 Å². The summed E-state index contributed by atoms with van der Waals surface area (Å²) in [6, 6.07) is 0.389. The van der Waals surface area contributed by atoms with Crippen LogP contribution >= 0.6 is 0 Å². The lowest BCUT2D eigenvalue weighted by atomic mass is 10.3. The topological polar surface area (TPSA) is 41.3 Å². The lowest BCUT2D eigenvalue weighted by molar-refractivity contribution is 0.272. The van der Waals surface area contributed by atoms with Gasteiger partial charge in [0.2, 0.25) is 0 Å². The number of likely N-dealkylation sites (N-methyl/N-ethyl adjacent to an activating group) is 1. The molecule has 0 aromatic rings. The first-order valence-electron chi connectivity index (χ1n) is 3.93. The van der Waals surface area contributed by atoms with Crippen molar-refractivity contribution in [2.45, 2.75) is 26.8 Å². The monoisotopic (exact) mass is 145 g/mol. The first kappa shape index (κ1) is 9.88. The third-order valence-corrected chi connectivity index (χ3v) is 1.71. The SMILES string of the molecule is CCN(CC)CC(C)NN. The maximum Gasteiger partial charge on any atom is 0.0309 e. The molecule has 0 radical (unpaired) electrons. The van der Waals surface area contributed by atoms with Crippen LogP contribution in [0.15, 0.2) is 0 Å². The van der Waals surface area contributed by atoms with Crippen molar-refractivity contribution in [1.82, 2.24) is 10.3 Å². The molecule has 0 fully saturated rings. The molecule has 1 unspecified atom stereocenters. The van der Waals surface area contributed by atoms with E-state index in [0.29, 0.717) is 6.04 Å². The molecule has 0 aromatic carbocycles. The van der Waals surface area contributed by atoms with Crippen LogP contribution in [0.5, 0.6) is 0 Å². The van der Waals surface area contributed by atoms with E-state index >= 15 is 0 Å². The van der Waals surface area contributed by atoms with Gasteiger partial charge in [0.1, 0.15) is 0 Å². The molecule has 0 spiro atoms. The average molecular weight is 145 g/mol. The highest BCUT2D eigenvalue weighted by atomic mass is 15.3. The summed E-state index contributed by atoms with van der Waals surface area (Å²) >= 11 is 0. The standard InChI is InChI=1S/C7H19N3/c1-4-10(5-2)6-7(3)9-8/h7,9H,4-6,8H2,1-3H3. The number of nitrogens with zero attached hydrogens (tertiary/aromatic N) is 1. The van der Waals surface area contributed by atoms with Gasteiger partial charge >= 0.3 is 0 Å². The van der Waals surface area contributed by atoms with Crippen LogP contribution in [-0.4, -0.2) is 30.6 Å². The fourth-order valence-electron chi connectivity index (χ4n) is 0.922. The number of hydrogen-bond donors (Lipinski definition) is 2. The van der Waals surface area contributed by atoms with E-state index in [0.717, 1.165) is 19.6 Å². The third-order valence-electron chi connectivity index (χ3n) is 1.71. The second-order valence-corrected chi connectivity index (χ2v) is 2.55. The van der Waals surface area contributed by atoms with Crippen LogP contribution < -0.4 is 11.3 Å². The van der Waals surface area contributed by atoms with Crippen LogP contribution in [0.1, 0.15) is 20.8 Å². The van der Waals surface area contributed by atoms with Crippen molar-refractivity contribution < 1.29 is 0 Å². The molecule has 10 heavy (non-hydrogen) atoms. The number of nitrogens with two attached hydrogens (primary N) is 1. The molecule has 0 rings (SSSR count). The van der Waals surface area contributed by atoms with Crippen LogP contribution in [0.25, 0.3) is 0 Å². The normalized spacial score (nSPS) is 14.1. The summed E-state index contributed by atoms with van der Waals surface area (Å²) in [4.78, 5) is 2.34. The summed E-state index contributed by atoms with van der Waals surface area (Å²) in [5, 5.41) is 0. The van der Waals surface area contributed by atoms with Crippen LogP contribution in [0.4, 0.5) is 0 Å². The highest BCUT2D eigenvalue weighted by Crippen LogP contribution is 1.89. The molecule has 0 saturated carbocycles. The van der Waals surface area contributed by atoms with E-state index in [2.05, 4.69) is 31.1 Å². The Morgan fingerprint density at radius 2 is 1.90 bits per heavy atom. The van der Waals surface area contributed by atoms with Gasteiger partial charge < -0.3 is 4.90 Å². The van der Waals surface area contributed by atoms with E-state index < -0.39 is 0 Å². The molecule has 3 heteroatoms. The first-order chi connectivity index (χ1) is 4.74. The maximum absolute atomic E-state index is 5.25. The Morgan fingerprint density at radius 1 is 1.40 bits per heavy atom. The minimum Gasteiger partial charge on any atom is -0.302 e. The molecular formula is C7H19N3. The van der Waals surface area contributed by atoms with Crippen LogP contribution in [0, 0.1) is 0 Å². The quantitative estimate of drug-likeness (QED) is 0.428. The molecule has 0 aliphatic heterocycles. The van der Waals surface area contributed by atoms with Gasteiger partial charge in [0.15, 0.2) is 0 Å². The second-order valence-electron chi connectivity index (χ2n) is 2.55. The zero-order chi connectivity index (χ0) is 7.98. The smallest absolute Gasteiger partial charge is 0.0309 e. The van der Waals surface area contributed by atoms with Crippen LogP contribution in [0.3, 0.4) is 0 Å². The molecule has 3 nitrogen and oxygen atoms in total. The third kappa shape index (κ3) is 3.82. The van der Waals surface area contributed by atoms with Crippen LogP contribution in [-0.2, 0) is 0 Å². The fraction of sp³-hybridized carbons (Fsp3) is 1.00. The van der Waals surface area contributed by atoms with E-state index in [9.17, 15) is 0 Å². The minimum absolute atomic E-state index is 0.389. The van der Waals surface area contributed by atoms with Crippen molar-refractivity contribution in [2.24, 2.45) is 5.84 Å². The number of nitrogens with one attached hydrogen (secondary N) is 1. The fourth-order valence-corrected chi connectivity index (χ4v) is 0.922. The second kappa shape index (κ2) is 5.65. The number of hydrazine groups is 1. The van der Waals surface area contributed by atoms with Crippen molar-refractivity contribution in [1.29, 1.82) is 0 Å². The summed E-state index contributed by atoms with van der Waals surface area (Å²) < 4.78 is 0. The number of rotatable bonds is 5. The Labute approximate surface area is 63.5 Å². The summed E-state index contributed by atoms with van der Waals surface area (Å²) in [5.74, 6) is 5.25. The van der Waals surface area contributed by atoms with E-state index in [-0.39, 0.29) is 0 Å². The zero-order valence-electron chi connectivity index (χ0n) is 7.22. The summed E-state index contributed by atoms with van der Waals surface area (Å²) in [5.41, 5.74) is 2.72. The molecule has 0 amide bonds. The Hall–Kier alpha value is -0.120. The molecule has 0 heterocycles. The number of hydrogen-bond acceptors (Lipinski definition) is 3. The Balaban J connectivity index is 3.41. The van der Waals surface area contributed by atoms with E-state index in [1.807, 2.05) is 0 Å². The molecule has 0 aliphatic rings. The van der Waals surface area contributed by atoms with E-state index in [1.165, 1.54) is 0 Å². The molecule has 3 N–H and O–H groups in total. The molecule has 1 atom stereocenters. The van der Waals surface area contributed by atoms with Crippen molar-refractivity contribution in [3.63, 3.8) is 0 Å². The highest BCUT2D eigenvalue weighted by Gasteiger charge is 2.03. The highest BCUT2D eigenvalue weighted by molar-refractivity contribution is 4.62. The van der Waals surface area contributed by atoms with Gasteiger partial charge in [-0.05, 0) is 20.0 Å². The Morgan fingerprint density at radius 3 is 2.20 bits per heavy atom. The maximum atomic E-state index is 5.25. The van der Waals surface area contributed by atoms with Gasteiger partial charge in [-0.1, -0.05) is 13.8 Å². The molecule has 0 aromatic heterocycles. The van der Waals surface area contributed by atoms with Crippen molar-refractivity contribution >= 4 is 0 Å². The van der Waals surface area contributed by atoms with Gasteiger partial charge in [-0.15, -0.1) is 0 Å². The van der Waals surface area contributed by atoms with Gasteiger partial charge in [0, 0.05) is 12.6 Å². The van der Waals surface area contributed by atoms with E-state index in [1.54, 1.807) is 0 Å². The molecular weight excluding hydrogens is 126 g/mol.